The summed E-state index contributed by atoms with van der Waals surface area (Å²) in [5.74, 6) is -0.425. The monoisotopic (exact) mass is 251 g/mol. The summed E-state index contributed by atoms with van der Waals surface area (Å²) in [6.45, 7) is 1.28. The Kier molecular flexibility index (Phi) is 4.17. The Balaban J connectivity index is 1.96. The van der Waals surface area contributed by atoms with Crippen LogP contribution in [0.2, 0.25) is 0 Å². The zero-order chi connectivity index (χ0) is 13.0. The lowest BCUT2D eigenvalue weighted by atomic mass is 10.1. The van der Waals surface area contributed by atoms with Crippen LogP contribution in [0.15, 0.2) is 24.3 Å². The Morgan fingerprint density at radius 2 is 2.44 bits per heavy atom. The van der Waals surface area contributed by atoms with Gasteiger partial charge in [-0.1, -0.05) is 12.1 Å². The normalized spacial score (nSPS) is 20.6. The lowest BCUT2D eigenvalue weighted by Crippen LogP contribution is -2.21. The van der Waals surface area contributed by atoms with Gasteiger partial charge in [-0.15, -0.1) is 0 Å². The number of aliphatic carboxylic acids is 1. The zero-order valence-electron chi connectivity index (χ0n) is 10.0. The van der Waals surface area contributed by atoms with Crippen LogP contribution in [0.1, 0.15) is 24.4 Å². The highest BCUT2D eigenvalue weighted by molar-refractivity contribution is 5.75. The molecule has 98 valence electrons. The predicted molar refractivity (Wildman–Crippen MR) is 65.5 cm³/mol. The van der Waals surface area contributed by atoms with E-state index in [0.29, 0.717) is 17.9 Å². The number of hydrogen-bond acceptors (Lipinski definition) is 4. The number of carboxylic acids is 1. The highest BCUT2D eigenvalue weighted by Crippen LogP contribution is 2.20. The van der Waals surface area contributed by atoms with Crippen LogP contribution < -0.4 is 10.5 Å². The third kappa shape index (κ3) is 3.21. The van der Waals surface area contributed by atoms with Crippen molar-refractivity contribution in [3.8, 4) is 5.75 Å². The molecule has 1 aromatic carbocycles. The number of hydrogen-bond donors (Lipinski definition) is 2. The van der Waals surface area contributed by atoms with Crippen LogP contribution in [0, 0.1) is 0 Å². The largest absolute Gasteiger partial charge is 0.491 e. The van der Waals surface area contributed by atoms with Crippen LogP contribution >= 0.6 is 0 Å². The predicted octanol–water partition coefficient (Wildman–Crippen LogP) is 1.33. The van der Waals surface area contributed by atoms with Gasteiger partial charge in [0.1, 0.15) is 18.4 Å². The molecule has 0 amide bonds. The average molecular weight is 251 g/mol. The molecule has 5 heteroatoms. The minimum absolute atomic E-state index is 0.141. The van der Waals surface area contributed by atoms with Gasteiger partial charge in [0.15, 0.2) is 0 Å². The Morgan fingerprint density at radius 3 is 3.11 bits per heavy atom. The summed E-state index contributed by atoms with van der Waals surface area (Å²) in [5.41, 5.74) is 6.08. The van der Waals surface area contributed by atoms with Crippen molar-refractivity contribution in [2.24, 2.45) is 5.73 Å². The van der Waals surface area contributed by atoms with Gasteiger partial charge in [0.05, 0.1) is 6.10 Å². The van der Waals surface area contributed by atoms with E-state index in [0.717, 1.165) is 19.4 Å². The number of ether oxygens (including phenoxy) is 2. The maximum atomic E-state index is 10.8. The number of nitrogens with two attached hydrogens (primary N) is 1. The molecule has 1 unspecified atom stereocenters. The van der Waals surface area contributed by atoms with Crippen LogP contribution in [0.5, 0.6) is 5.75 Å². The van der Waals surface area contributed by atoms with Gasteiger partial charge in [-0.05, 0) is 30.5 Å². The summed E-state index contributed by atoms with van der Waals surface area (Å²) in [5, 5.41) is 8.84. The van der Waals surface area contributed by atoms with Crippen molar-refractivity contribution in [3.63, 3.8) is 0 Å². The van der Waals surface area contributed by atoms with Crippen LogP contribution in [0.3, 0.4) is 0 Å². The fraction of sp³-hybridized carbons (Fsp3) is 0.462. The topological polar surface area (TPSA) is 81.8 Å². The number of rotatable bonds is 5. The molecule has 0 aliphatic carbocycles. The highest BCUT2D eigenvalue weighted by atomic mass is 16.5. The molecule has 18 heavy (non-hydrogen) atoms. The van der Waals surface area contributed by atoms with Gasteiger partial charge >= 0.3 is 5.97 Å². The molecule has 0 saturated carbocycles. The van der Waals surface area contributed by atoms with Gasteiger partial charge < -0.3 is 20.3 Å². The van der Waals surface area contributed by atoms with Gasteiger partial charge in [-0.3, -0.25) is 4.79 Å². The van der Waals surface area contributed by atoms with Crippen molar-refractivity contribution in [1.29, 1.82) is 0 Å². The second-order valence-electron chi connectivity index (χ2n) is 4.33. The van der Waals surface area contributed by atoms with Crippen LogP contribution in [-0.2, 0) is 9.53 Å². The summed E-state index contributed by atoms with van der Waals surface area (Å²) in [7, 11) is 0. The minimum Gasteiger partial charge on any atom is -0.491 e. The van der Waals surface area contributed by atoms with E-state index in [1.54, 1.807) is 24.3 Å². The van der Waals surface area contributed by atoms with E-state index in [-0.39, 0.29) is 6.10 Å². The third-order valence-electron chi connectivity index (χ3n) is 2.94. The first kappa shape index (κ1) is 12.9. The zero-order valence-corrected chi connectivity index (χ0v) is 10.0. The molecule has 1 aliphatic heterocycles. The molecule has 3 N–H and O–H groups in total. The van der Waals surface area contributed by atoms with E-state index < -0.39 is 12.0 Å². The molecule has 2 atom stereocenters. The van der Waals surface area contributed by atoms with E-state index in [9.17, 15) is 4.79 Å². The van der Waals surface area contributed by atoms with Crippen molar-refractivity contribution >= 4 is 5.97 Å². The summed E-state index contributed by atoms with van der Waals surface area (Å²) >= 11 is 0. The first-order chi connectivity index (χ1) is 8.66. The summed E-state index contributed by atoms with van der Waals surface area (Å²) in [4.78, 5) is 10.8. The third-order valence-corrected chi connectivity index (χ3v) is 2.94. The van der Waals surface area contributed by atoms with Gasteiger partial charge in [-0.2, -0.15) is 0 Å². The molecule has 2 rings (SSSR count). The SMILES string of the molecule is N[C@H](C(=O)O)c1cccc(OCC2CCCO2)c1. The summed E-state index contributed by atoms with van der Waals surface area (Å²) in [6, 6.07) is 5.85. The lowest BCUT2D eigenvalue weighted by Gasteiger charge is -2.13. The molecule has 0 spiro atoms. The van der Waals surface area contributed by atoms with Gasteiger partial charge in [0.25, 0.3) is 0 Å². The van der Waals surface area contributed by atoms with Crippen LogP contribution in [-0.4, -0.2) is 30.4 Å². The average Bonchev–Trinajstić information content (AvgIpc) is 2.89. The first-order valence-corrected chi connectivity index (χ1v) is 5.99. The van der Waals surface area contributed by atoms with E-state index in [4.69, 9.17) is 20.3 Å². The van der Waals surface area contributed by atoms with Gasteiger partial charge in [0.2, 0.25) is 0 Å². The van der Waals surface area contributed by atoms with Crippen molar-refractivity contribution in [1.82, 2.24) is 0 Å². The standard InChI is InChI=1S/C13H17NO4/c14-12(13(15)16)9-3-1-4-10(7-9)18-8-11-5-2-6-17-11/h1,3-4,7,11-12H,2,5-6,8,14H2,(H,15,16)/t11?,12-/m0/s1. The van der Waals surface area contributed by atoms with E-state index >= 15 is 0 Å². The first-order valence-electron chi connectivity index (χ1n) is 5.99. The van der Waals surface area contributed by atoms with E-state index in [1.807, 2.05) is 0 Å². The second-order valence-corrected chi connectivity index (χ2v) is 4.33. The summed E-state index contributed by atoms with van der Waals surface area (Å²) < 4.78 is 11.0. The molecule has 1 fully saturated rings. The number of carboxylic acid groups (broad SMARTS) is 1. The molecule has 0 bridgehead atoms. The second kappa shape index (κ2) is 5.84. The minimum atomic E-state index is -1.05. The molecule has 1 aromatic rings. The quantitative estimate of drug-likeness (QED) is 0.825. The van der Waals surface area contributed by atoms with Crippen LogP contribution in [0.25, 0.3) is 0 Å². The molecule has 1 saturated heterocycles. The van der Waals surface area contributed by atoms with Crippen LogP contribution in [0.4, 0.5) is 0 Å². The molecule has 5 nitrogen and oxygen atoms in total. The van der Waals surface area contributed by atoms with E-state index in [1.165, 1.54) is 0 Å². The fourth-order valence-corrected chi connectivity index (χ4v) is 1.91. The van der Waals surface area contributed by atoms with E-state index in [2.05, 4.69) is 0 Å². The molecular weight excluding hydrogens is 234 g/mol. The number of carbonyl (C=O) groups is 1. The lowest BCUT2D eigenvalue weighted by molar-refractivity contribution is -0.138. The smallest absolute Gasteiger partial charge is 0.325 e. The van der Waals surface area contributed by atoms with Gasteiger partial charge in [0, 0.05) is 6.61 Å². The molecule has 0 radical (unpaired) electrons. The molecule has 0 aromatic heterocycles. The molecular formula is C13H17NO4. The van der Waals surface area contributed by atoms with Gasteiger partial charge in [-0.25, -0.2) is 0 Å². The Morgan fingerprint density at radius 1 is 1.61 bits per heavy atom. The van der Waals surface area contributed by atoms with Crippen molar-refractivity contribution in [3.05, 3.63) is 29.8 Å². The Hall–Kier alpha value is -1.59. The Bertz CT molecular complexity index is 415. The maximum Gasteiger partial charge on any atom is 0.325 e. The summed E-state index contributed by atoms with van der Waals surface area (Å²) in [6.07, 6.45) is 2.22. The molecule has 1 heterocycles. The van der Waals surface area contributed by atoms with Crippen molar-refractivity contribution in [2.45, 2.75) is 25.0 Å². The van der Waals surface area contributed by atoms with Crippen molar-refractivity contribution in [2.75, 3.05) is 13.2 Å². The Labute approximate surface area is 106 Å². The maximum absolute atomic E-state index is 10.8. The van der Waals surface area contributed by atoms with Crippen molar-refractivity contribution < 1.29 is 19.4 Å². The highest BCUT2D eigenvalue weighted by Gasteiger charge is 2.17. The molecule has 1 aliphatic rings. The number of benzene rings is 1. The fourth-order valence-electron chi connectivity index (χ4n) is 1.91.